The van der Waals surface area contributed by atoms with E-state index in [-0.39, 0.29) is 6.54 Å². The van der Waals surface area contributed by atoms with E-state index in [2.05, 4.69) is 11.6 Å². The van der Waals surface area contributed by atoms with Gasteiger partial charge in [0.25, 0.3) is 11.5 Å². The number of hydrogen-bond acceptors (Lipinski definition) is 2. The normalized spacial score (nSPS) is 12.2. The minimum Gasteiger partial charge on any atom is -0.346 e. The van der Waals surface area contributed by atoms with Crippen LogP contribution in [0.25, 0.3) is 0 Å². The van der Waals surface area contributed by atoms with Gasteiger partial charge in [0.15, 0.2) is 0 Å². The van der Waals surface area contributed by atoms with Gasteiger partial charge in [-0.15, -0.1) is 0 Å². The molecular formula is C4H5ClFNO2. The van der Waals surface area contributed by atoms with Gasteiger partial charge >= 0.3 is 0 Å². The molecule has 0 fully saturated rings. The van der Waals surface area contributed by atoms with Crippen molar-refractivity contribution < 1.29 is 14.0 Å². The van der Waals surface area contributed by atoms with Gasteiger partial charge in [-0.3, -0.25) is 4.79 Å². The Kier molecular flexibility index (Phi) is 3.96. The lowest BCUT2D eigenvalue weighted by molar-refractivity contribution is -0.124. The minimum atomic E-state index is -2.06. The van der Waals surface area contributed by atoms with Crippen molar-refractivity contribution in [1.82, 2.24) is 5.32 Å². The highest BCUT2D eigenvalue weighted by atomic mass is 35.5. The van der Waals surface area contributed by atoms with Crippen LogP contribution in [0.4, 0.5) is 4.39 Å². The number of halogens is 2. The molecule has 0 radical (unpaired) electrons. The van der Waals surface area contributed by atoms with E-state index in [1.54, 1.807) is 0 Å². The number of rotatable bonds is 3. The van der Waals surface area contributed by atoms with E-state index >= 15 is 0 Å². The van der Waals surface area contributed by atoms with Crippen LogP contribution >= 0.6 is 11.6 Å². The Hall–Kier alpha value is -0.640. The van der Waals surface area contributed by atoms with Crippen LogP contribution in [-0.4, -0.2) is 24.4 Å². The van der Waals surface area contributed by atoms with Crippen LogP contribution in [0.3, 0.4) is 0 Å². The highest BCUT2D eigenvalue weighted by Crippen LogP contribution is 1.94. The van der Waals surface area contributed by atoms with E-state index in [4.69, 9.17) is 0 Å². The van der Waals surface area contributed by atoms with Crippen LogP contribution in [0.5, 0.6) is 0 Å². The Morgan fingerprint density at radius 3 is 2.78 bits per heavy atom. The molecule has 1 amide bonds. The van der Waals surface area contributed by atoms with Crippen molar-refractivity contribution in [3.8, 4) is 0 Å². The van der Waals surface area contributed by atoms with Crippen LogP contribution in [0.1, 0.15) is 0 Å². The number of carbonyl (C=O) groups is 2. The first kappa shape index (κ1) is 8.36. The van der Waals surface area contributed by atoms with Crippen molar-refractivity contribution in [2.75, 3.05) is 6.54 Å². The molecule has 0 saturated heterocycles. The maximum Gasteiger partial charge on any atom is 0.270 e. The maximum absolute atomic E-state index is 11.7. The predicted molar refractivity (Wildman–Crippen MR) is 29.8 cm³/mol. The summed E-state index contributed by atoms with van der Waals surface area (Å²) in [5, 5.41) is 1.92. The zero-order valence-corrected chi connectivity index (χ0v) is 5.19. The van der Waals surface area contributed by atoms with E-state index in [9.17, 15) is 14.0 Å². The molecule has 1 atom stereocenters. The Morgan fingerprint density at radius 2 is 2.44 bits per heavy atom. The molecular weight excluding hydrogens is 148 g/mol. The summed E-state index contributed by atoms with van der Waals surface area (Å²) in [7, 11) is 0. The van der Waals surface area contributed by atoms with E-state index in [0.29, 0.717) is 6.29 Å². The van der Waals surface area contributed by atoms with Gasteiger partial charge < -0.3 is 10.1 Å². The van der Waals surface area contributed by atoms with E-state index in [0.717, 1.165) is 0 Å². The topological polar surface area (TPSA) is 46.2 Å². The number of aldehydes is 1. The fraction of sp³-hybridized carbons (Fsp3) is 0.500. The SMILES string of the molecule is O=CCNC(=O)C(F)Cl. The van der Waals surface area contributed by atoms with Gasteiger partial charge in [-0.25, -0.2) is 4.39 Å². The van der Waals surface area contributed by atoms with Gasteiger partial charge in [-0.2, -0.15) is 0 Å². The zero-order valence-electron chi connectivity index (χ0n) is 4.43. The molecule has 5 heteroatoms. The molecule has 0 saturated carbocycles. The highest BCUT2D eigenvalue weighted by Gasteiger charge is 2.10. The molecule has 0 aliphatic rings. The first-order chi connectivity index (χ1) is 4.18. The van der Waals surface area contributed by atoms with Gasteiger partial charge in [-0.05, 0) is 0 Å². The molecule has 3 nitrogen and oxygen atoms in total. The molecule has 0 heterocycles. The molecule has 1 N–H and O–H groups in total. The first-order valence-electron chi connectivity index (χ1n) is 2.18. The summed E-state index contributed by atoms with van der Waals surface area (Å²) in [5.74, 6) is -0.983. The fourth-order valence-electron chi connectivity index (χ4n) is 0.219. The third kappa shape index (κ3) is 3.90. The average Bonchev–Trinajstić information content (AvgIpc) is 1.82. The van der Waals surface area contributed by atoms with Gasteiger partial charge in [0, 0.05) is 0 Å². The van der Waals surface area contributed by atoms with Crippen molar-refractivity contribution in [1.29, 1.82) is 0 Å². The minimum absolute atomic E-state index is 0.202. The van der Waals surface area contributed by atoms with Crippen molar-refractivity contribution in [2.24, 2.45) is 0 Å². The van der Waals surface area contributed by atoms with Crippen molar-refractivity contribution in [3.05, 3.63) is 0 Å². The molecule has 0 aliphatic heterocycles. The van der Waals surface area contributed by atoms with Gasteiger partial charge in [-0.1, -0.05) is 11.6 Å². The number of nitrogens with one attached hydrogen (secondary N) is 1. The van der Waals surface area contributed by atoms with Gasteiger partial charge in [0.05, 0.1) is 6.54 Å². The summed E-state index contributed by atoms with van der Waals surface area (Å²) in [6.07, 6.45) is 0.442. The van der Waals surface area contributed by atoms with Gasteiger partial charge in [0.1, 0.15) is 6.29 Å². The average molecular weight is 154 g/mol. The Labute approximate surface area is 56.2 Å². The van der Waals surface area contributed by atoms with Crippen LogP contribution in [0.2, 0.25) is 0 Å². The lowest BCUT2D eigenvalue weighted by Crippen LogP contribution is -2.30. The largest absolute Gasteiger partial charge is 0.346 e. The van der Waals surface area contributed by atoms with Crippen LogP contribution in [0, 0.1) is 0 Å². The third-order valence-electron chi connectivity index (χ3n) is 0.558. The molecule has 52 valence electrons. The maximum atomic E-state index is 11.7. The second-order valence-corrected chi connectivity index (χ2v) is 1.60. The lowest BCUT2D eigenvalue weighted by atomic mass is 10.6. The van der Waals surface area contributed by atoms with E-state index in [1.165, 1.54) is 0 Å². The number of carbonyl (C=O) groups excluding carboxylic acids is 2. The van der Waals surface area contributed by atoms with Crippen molar-refractivity contribution in [3.63, 3.8) is 0 Å². The summed E-state index contributed by atoms with van der Waals surface area (Å²) in [4.78, 5) is 19.7. The highest BCUT2D eigenvalue weighted by molar-refractivity contribution is 6.29. The smallest absolute Gasteiger partial charge is 0.270 e. The monoisotopic (exact) mass is 153 g/mol. The Morgan fingerprint density at radius 1 is 1.89 bits per heavy atom. The number of hydrogen-bond donors (Lipinski definition) is 1. The molecule has 0 aromatic rings. The van der Waals surface area contributed by atoms with Gasteiger partial charge in [0.2, 0.25) is 0 Å². The summed E-state index contributed by atoms with van der Waals surface area (Å²) < 4.78 is 11.7. The summed E-state index contributed by atoms with van der Waals surface area (Å²) in [5.41, 5.74) is -2.06. The molecule has 0 spiro atoms. The van der Waals surface area contributed by atoms with Crippen LogP contribution in [0.15, 0.2) is 0 Å². The summed E-state index contributed by atoms with van der Waals surface area (Å²) in [6, 6.07) is 0. The van der Waals surface area contributed by atoms with Crippen molar-refractivity contribution >= 4 is 23.8 Å². The quantitative estimate of drug-likeness (QED) is 0.452. The van der Waals surface area contributed by atoms with E-state index in [1.807, 2.05) is 5.32 Å². The predicted octanol–water partition coefficient (Wildman–Crippen LogP) is -0.164. The Bertz CT molecular complexity index is 117. The molecule has 0 rings (SSSR count). The van der Waals surface area contributed by atoms with Crippen LogP contribution < -0.4 is 5.32 Å². The second kappa shape index (κ2) is 4.26. The van der Waals surface area contributed by atoms with E-state index < -0.39 is 11.5 Å². The fourth-order valence-corrected chi connectivity index (χ4v) is 0.297. The van der Waals surface area contributed by atoms with Crippen LogP contribution in [-0.2, 0) is 9.59 Å². The molecule has 0 aromatic heterocycles. The zero-order chi connectivity index (χ0) is 7.28. The molecule has 9 heavy (non-hydrogen) atoms. The Balaban J connectivity index is 3.38. The second-order valence-electron chi connectivity index (χ2n) is 1.21. The molecule has 0 aliphatic carbocycles. The molecule has 0 aromatic carbocycles. The number of alkyl halides is 2. The summed E-state index contributed by atoms with van der Waals surface area (Å²) in [6.45, 7) is -0.202. The molecule has 1 unspecified atom stereocenters. The van der Waals surface area contributed by atoms with Crippen molar-refractivity contribution in [2.45, 2.75) is 5.63 Å². The lowest BCUT2D eigenvalue weighted by Gasteiger charge is -1.97. The summed E-state index contributed by atoms with van der Waals surface area (Å²) >= 11 is 4.67. The first-order valence-corrected chi connectivity index (χ1v) is 2.61. The molecule has 0 bridgehead atoms. The number of amides is 1. The standard InChI is InChI=1S/C4H5ClFNO2/c5-3(6)4(9)7-1-2-8/h2-3H,1H2,(H,7,9). The third-order valence-corrected chi connectivity index (χ3v) is 0.756.